The molecule has 8 nitrogen and oxygen atoms in total. The Bertz CT molecular complexity index is 1530. The first-order chi connectivity index (χ1) is 21.3. The van der Waals surface area contributed by atoms with Gasteiger partial charge in [0.05, 0.1) is 29.9 Å². The van der Waals surface area contributed by atoms with Crippen molar-refractivity contribution in [3.8, 4) is 16.9 Å². The minimum Gasteiger partial charge on any atom is -0.494 e. The van der Waals surface area contributed by atoms with Gasteiger partial charge in [0.15, 0.2) is 0 Å². The molecule has 1 aliphatic carbocycles. The van der Waals surface area contributed by atoms with Crippen molar-refractivity contribution in [3.63, 3.8) is 0 Å². The molecule has 3 aromatic rings. The van der Waals surface area contributed by atoms with Gasteiger partial charge in [0, 0.05) is 25.2 Å². The number of hydrogen-bond acceptors (Lipinski definition) is 8. The lowest BCUT2D eigenvalue weighted by Crippen LogP contribution is -2.51. The molecule has 3 aliphatic rings. The highest BCUT2D eigenvalue weighted by Gasteiger charge is 2.48. The third-order valence-electron chi connectivity index (χ3n) is 8.81. The fourth-order valence-electron chi connectivity index (χ4n) is 6.39. The normalized spacial score (nSPS) is 20.3. The van der Waals surface area contributed by atoms with E-state index in [0.717, 1.165) is 67.8 Å². The van der Waals surface area contributed by atoms with Gasteiger partial charge in [-0.05, 0) is 125 Å². The van der Waals surface area contributed by atoms with Gasteiger partial charge in [-0.25, -0.2) is 9.18 Å². The first-order valence-corrected chi connectivity index (χ1v) is 17.3. The molecular weight excluding hydrogens is 593 g/mol. The molecule has 1 spiro atoms. The van der Waals surface area contributed by atoms with Crippen molar-refractivity contribution in [3.05, 3.63) is 83.2 Å². The van der Waals surface area contributed by atoms with E-state index in [1.54, 1.807) is 28.6 Å². The molecule has 6 rings (SSSR count). The van der Waals surface area contributed by atoms with Crippen LogP contribution < -0.4 is 13.8 Å². The van der Waals surface area contributed by atoms with Crippen LogP contribution in [0.25, 0.3) is 11.1 Å². The van der Waals surface area contributed by atoms with Crippen molar-refractivity contribution in [2.45, 2.75) is 77.0 Å². The number of carbonyl (C=O) groups is 1. The molecule has 0 unspecified atom stereocenters. The summed E-state index contributed by atoms with van der Waals surface area (Å²) >= 11 is 0. The monoisotopic (exact) mass is 637 g/mol. The quantitative estimate of drug-likeness (QED) is 0.216. The summed E-state index contributed by atoms with van der Waals surface area (Å²) in [5.41, 5.74) is 4.59. The number of hydrogen-bond donors (Lipinski definition) is 3. The minimum atomic E-state index is -3.24. The Morgan fingerprint density at radius 3 is 2.31 bits per heavy atom. The van der Waals surface area contributed by atoms with Crippen molar-refractivity contribution >= 4 is 22.6 Å². The number of halogens is 1. The largest absolute Gasteiger partial charge is 0.494 e. The molecule has 0 atom stereocenters. The maximum atomic E-state index is 13.7. The first-order valence-electron chi connectivity index (χ1n) is 15.8. The van der Waals surface area contributed by atoms with Crippen LogP contribution in [0.4, 0.5) is 10.1 Å². The van der Waals surface area contributed by atoms with E-state index in [2.05, 4.69) is 21.8 Å². The summed E-state index contributed by atoms with van der Waals surface area (Å²) in [4.78, 5) is 14.9. The SMILES string of the molecule is CCOc1cc(-c2ccc(F)cc2)c(C2CC2)cc1CN1CCC2(CC1)CN(c1ccc(C(=O)OC(C)(C)C)cc1)S(O)(O)N2. The smallest absolute Gasteiger partial charge is 0.338 e. The standard InChI is InChI=1S/C35H44FN3O5S/c1-5-43-32-21-31(25-8-12-28(36)13-9-25)30(24-6-7-24)20-27(32)22-38-18-16-35(17-19-38)23-39(45(41,42)37-35)29-14-10-26(11-15-29)33(40)44-34(2,3)4/h8-15,20-21,24,37,41-42H,5-7,16-19,22-23H2,1-4H3. The summed E-state index contributed by atoms with van der Waals surface area (Å²) < 4.78 is 52.3. The van der Waals surface area contributed by atoms with Crippen molar-refractivity contribution in [2.75, 3.05) is 30.5 Å². The number of ether oxygens (including phenoxy) is 2. The lowest BCUT2D eigenvalue weighted by atomic mass is 9.88. The number of piperidine rings is 1. The second-order valence-electron chi connectivity index (χ2n) is 13.5. The predicted octanol–water partition coefficient (Wildman–Crippen LogP) is 7.75. The lowest BCUT2D eigenvalue weighted by molar-refractivity contribution is 0.00695. The van der Waals surface area contributed by atoms with Gasteiger partial charge in [-0.15, -0.1) is 0 Å². The fourth-order valence-corrected chi connectivity index (χ4v) is 8.19. The van der Waals surface area contributed by atoms with Crippen LogP contribution in [-0.2, 0) is 11.3 Å². The van der Waals surface area contributed by atoms with Gasteiger partial charge < -0.3 is 9.47 Å². The second-order valence-corrected chi connectivity index (χ2v) is 15.2. The maximum Gasteiger partial charge on any atom is 0.338 e. The molecule has 0 bridgehead atoms. The Labute approximate surface area is 267 Å². The second kappa shape index (κ2) is 12.2. The van der Waals surface area contributed by atoms with E-state index in [0.29, 0.717) is 30.3 Å². The summed E-state index contributed by atoms with van der Waals surface area (Å²) in [5.74, 6) is 0.719. The Balaban J connectivity index is 1.15. The zero-order valence-electron chi connectivity index (χ0n) is 26.5. The van der Waals surface area contributed by atoms with E-state index in [1.165, 1.54) is 17.7 Å². The Morgan fingerprint density at radius 1 is 1.04 bits per heavy atom. The zero-order valence-corrected chi connectivity index (χ0v) is 27.3. The van der Waals surface area contributed by atoms with Gasteiger partial charge in [0.2, 0.25) is 0 Å². The third-order valence-corrected chi connectivity index (χ3v) is 10.5. The van der Waals surface area contributed by atoms with Gasteiger partial charge in [-0.1, -0.05) is 23.1 Å². The predicted molar refractivity (Wildman–Crippen MR) is 177 cm³/mol. The average Bonchev–Trinajstić information content (AvgIpc) is 3.79. The molecule has 2 aliphatic heterocycles. The number of rotatable bonds is 8. The van der Waals surface area contributed by atoms with E-state index >= 15 is 0 Å². The van der Waals surface area contributed by atoms with Gasteiger partial charge in [-0.2, -0.15) is 4.72 Å². The summed E-state index contributed by atoms with van der Waals surface area (Å²) in [5, 5.41) is 0. The van der Waals surface area contributed by atoms with Crippen LogP contribution in [0, 0.1) is 5.82 Å². The topological polar surface area (TPSA) is 94.5 Å². The molecule has 45 heavy (non-hydrogen) atoms. The highest BCUT2D eigenvalue weighted by molar-refractivity contribution is 8.24. The first kappa shape index (κ1) is 31.8. The molecule has 0 radical (unpaired) electrons. The summed E-state index contributed by atoms with van der Waals surface area (Å²) in [6.45, 7) is 10.8. The molecule has 242 valence electrons. The van der Waals surface area contributed by atoms with Crippen LogP contribution in [0.15, 0.2) is 60.7 Å². The van der Waals surface area contributed by atoms with Crippen molar-refractivity contribution in [1.29, 1.82) is 0 Å². The van der Waals surface area contributed by atoms with Gasteiger partial charge >= 0.3 is 5.97 Å². The lowest BCUT2D eigenvalue weighted by Gasteiger charge is -2.40. The van der Waals surface area contributed by atoms with Gasteiger partial charge in [0.1, 0.15) is 17.2 Å². The summed E-state index contributed by atoms with van der Waals surface area (Å²) in [6.07, 6.45) is 3.82. The number of nitrogens with one attached hydrogen (secondary N) is 1. The number of anilines is 1. The zero-order chi connectivity index (χ0) is 32.0. The average molecular weight is 638 g/mol. The minimum absolute atomic E-state index is 0.242. The molecule has 2 heterocycles. The molecule has 3 N–H and O–H groups in total. The van der Waals surface area contributed by atoms with Crippen molar-refractivity contribution in [2.24, 2.45) is 0 Å². The Kier molecular flexibility index (Phi) is 8.64. The molecule has 0 aromatic heterocycles. The van der Waals surface area contributed by atoms with Crippen molar-refractivity contribution in [1.82, 2.24) is 9.62 Å². The van der Waals surface area contributed by atoms with E-state index in [-0.39, 0.29) is 5.82 Å². The number of carbonyl (C=O) groups excluding carboxylic acids is 1. The van der Waals surface area contributed by atoms with Crippen LogP contribution in [0.1, 0.15) is 80.8 Å². The molecule has 0 amide bonds. The molecule has 3 aromatic carbocycles. The number of esters is 1. The number of nitrogens with zero attached hydrogens (tertiary/aromatic N) is 2. The molecule has 1 saturated carbocycles. The Hall–Kier alpha value is -3.15. The van der Waals surface area contributed by atoms with Crippen molar-refractivity contribution < 1.29 is 27.8 Å². The van der Waals surface area contributed by atoms with Crippen LogP contribution in [0.3, 0.4) is 0 Å². The summed E-state index contributed by atoms with van der Waals surface area (Å²) in [7, 11) is -3.24. The van der Waals surface area contributed by atoms with E-state index in [4.69, 9.17) is 9.47 Å². The molecular formula is C35H44FN3O5S. The molecule has 10 heteroatoms. The van der Waals surface area contributed by atoms with Gasteiger partial charge in [0.25, 0.3) is 0 Å². The number of likely N-dealkylation sites (tertiary alicyclic amines) is 1. The van der Waals surface area contributed by atoms with E-state index in [9.17, 15) is 18.3 Å². The van der Waals surface area contributed by atoms with E-state index < -0.39 is 28.1 Å². The third kappa shape index (κ3) is 7.15. The van der Waals surface area contributed by atoms with Crippen LogP contribution in [0.5, 0.6) is 5.75 Å². The maximum absolute atomic E-state index is 13.7. The van der Waals surface area contributed by atoms with Gasteiger partial charge in [-0.3, -0.25) is 18.3 Å². The van der Waals surface area contributed by atoms with Crippen LogP contribution in [-0.4, -0.2) is 57.4 Å². The highest BCUT2D eigenvalue weighted by atomic mass is 32.3. The Morgan fingerprint density at radius 2 is 1.71 bits per heavy atom. The van der Waals surface area contributed by atoms with E-state index in [1.807, 2.05) is 39.8 Å². The molecule has 2 saturated heterocycles. The fraction of sp³-hybridized carbons (Fsp3) is 0.457. The highest BCUT2D eigenvalue weighted by Crippen LogP contribution is 2.53. The summed E-state index contributed by atoms with van der Waals surface area (Å²) in [6, 6.07) is 17.9. The number of benzene rings is 3. The van der Waals surface area contributed by atoms with Crippen LogP contribution in [0.2, 0.25) is 0 Å². The molecule has 3 fully saturated rings. The van der Waals surface area contributed by atoms with Crippen LogP contribution >= 0.6 is 11.0 Å².